The molecule has 4 heteroatoms. The van der Waals surface area contributed by atoms with Crippen LogP contribution in [0.25, 0.3) is 0 Å². The molecule has 4 nitrogen and oxygen atoms in total. The van der Waals surface area contributed by atoms with Gasteiger partial charge < -0.3 is 11.1 Å². The molecule has 1 heterocycles. The fourth-order valence-electron chi connectivity index (χ4n) is 1.75. The summed E-state index contributed by atoms with van der Waals surface area (Å²) >= 11 is 0. The number of hydrogen-bond acceptors (Lipinski definition) is 3. The molecule has 18 heavy (non-hydrogen) atoms. The van der Waals surface area contributed by atoms with Crippen molar-refractivity contribution < 1.29 is 4.79 Å². The largest absolute Gasteiger partial charge is 0.384 e. The van der Waals surface area contributed by atoms with Crippen LogP contribution in [0, 0.1) is 13.8 Å². The fraction of sp³-hybridized carbons (Fsp3) is 0.143. The second-order valence-corrected chi connectivity index (χ2v) is 4.24. The maximum Gasteiger partial charge on any atom is 0.255 e. The topological polar surface area (TPSA) is 68.0 Å². The van der Waals surface area contributed by atoms with Gasteiger partial charge in [0.25, 0.3) is 5.91 Å². The Balaban J connectivity index is 2.19. The molecule has 0 aliphatic carbocycles. The Labute approximate surface area is 106 Å². The van der Waals surface area contributed by atoms with Crippen LogP contribution in [0.1, 0.15) is 21.5 Å². The molecule has 2 aromatic rings. The molecule has 0 fully saturated rings. The van der Waals surface area contributed by atoms with Crippen molar-refractivity contribution in [2.24, 2.45) is 0 Å². The number of nitrogens with zero attached hydrogens (tertiary/aromatic N) is 1. The molecule has 0 saturated heterocycles. The lowest BCUT2D eigenvalue weighted by molar-refractivity contribution is 0.102. The van der Waals surface area contributed by atoms with Crippen molar-refractivity contribution >= 4 is 17.4 Å². The van der Waals surface area contributed by atoms with Gasteiger partial charge in [0.2, 0.25) is 0 Å². The van der Waals surface area contributed by atoms with Crippen LogP contribution in [-0.4, -0.2) is 10.9 Å². The standard InChI is InChI=1S/C14H15N3O/c1-9-3-5-12(10(2)7-9)14(18)17-11-4-6-13(15)16-8-11/h3-8H,1-2H3,(H2,15,16)(H,17,18). The van der Waals surface area contributed by atoms with Gasteiger partial charge in [-0.2, -0.15) is 0 Å². The minimum atomic E-state index is -0.140. The predicted molar refractivity (Wildman–Crippen MR) is 72.5 cm³/mol. The van der Waals surface area contributed by atoms with Crippen LogP contribution in [0.3, 0.4) is 0 Å². The van der Waals surface area contributed by atoms with E-state index in [1.807, 2.05) is 32.0 Å². The van der Waals surface area contributed by atoms with E-state index in [0.717, 1.165) is 11.1 Å². The number of anilines is 2. The minimum absolute atomic E-state index is 0.140. The molecule has 0 bridgehead atoms. The third-order valence-corrected chi connectivity index (χ3v) is 2.67. The normalized spacial score (nSPS) is 10.1. The van der Waals surface area contributed by atoms with E-state index in [-0.39, 0.29) is 5.91 Å². The Morgan fingerprint density at radius 2 is 2.00 bits per heavy atom. The van der Waals surface area contributed by atoms with Crippen molar-refractivity contribution in [1.29, 1.82) is 0 Å². The Bertz CT molecular complexity index is 576. The van der Waals surface area contributed by atoms with Crippen molar-refractivity contribution in [3.8, 4) is 0 Å². The van der Waals surface area contributed by atoms with Crippen LogP contribution in [-0.2, 0) is 0 Å². The van der Waals surface area contributed by atoms with Crippen LogP contribution in [0.15, 0.2) is 36.5 Å². The monoisotopic (exact) mass is 241 g/mol. The summed E-state index contributed by atoms with van der Waals surface area (Å²) in [7, 11) is 0. The maximum absolute atomic E-state index is 12.1. The van der Waals surface area contributed by atoms with E-state index in [2.05, 4.69) is 10.3 Å². The lowest BCUT2D eigenvalue weighted by Gasteiger charge is -2.08. The molecule has 2 rings (SSSR count). The molecule has 1 amide bonds. The molecule has 0 aliphatic heterocycles. The van der Waals surface area contributed by atoms with Gasteiger partial charge in [0.1, 0.15) is 5.82 Å². The Morgan fingerprint density at radius 3 is 2.61 bits per heavy atom. The maximum atomic E-state index is 12.1. The number of benzene rings is 1. The number of nitrogens with two attached hydrogens (primary N) is 1. The Kier molecular flexibility index (Phi) is 3.28. The Hall–Kier alpha value is -2.36. The molecule has 3 N–H and O–H groups in total. The van der Waals surface area contributed by atoms with Crippen molar-refractivity contribution in [3.05, 3.63) is 53.2 Å². The third-order valence-electron chi connectivity index (χ3n) is 2.67. The first-order chi connectivity index (χ1) is 8.56. The van der Waals surface area contributed by atoms with E-state index in [1.54, 1.807) is 12.1 Å². The van der Waals surface area contributed by atoms with Gasteiger partial charge in [0.15, 0.2) is 0 Å². The van der Waals surface area contributed by atoms with Gasteiger partial charge in [-0.05, 0) is 37.6 Å². The highest BCUT2D eigenvalue weighted by Crippen LogP contribution is 2.14. The van der Waals surface area contributed by atoms with E-state index in [4.69, 9.17) is 5.73 Å². The van der Waals surface area contributed by atoms with Crippen molar-refractivity contribution in [1.82, 2.24) is 4.98 Å². The highest BCUT2D eigenvalue weighted by Gasteiger charge is 2.09. The van der Waals surface area contributed by atoms with Crippen molar-refractivity contribution in [3.63, 3.8) is 0 Å². The van der Waals surface area contributed by atoms with Crippen LogP contribution < -0.4 is 11.1 Å². The smallest absolute Gasteiger partial charge is 0.255 e. The number of amides is 1. The summed E-state index contributed by atoms with van der Waals surface area (Å²) in [5.41, 5.74) is 8.88. The summed E-state index contributed by atoms with van der Waals surface area (Å²) in [5, 5.41) is 2.79. The number of aryl methyl sites for hydroxylation is 2. The van der Waals surface area contributed by atoms with E-state index < -0.39 is 0 Å². The average molecular weight is 241 g/mol. The first-order valence-corrected chi connectivity index (χ1v) is 5.66. The van der Waals surface area contributed by atoms with Gasteiger partial charge in [-0.3, -0.25) is 4.79 Å². The van der Waals surface area contributed by atoms with Crippen molar-refractivity contribution in [2.45, 2.75) is 13.8 Å². The van der Waals surface area contributed by atoms with Gasteiger partial charge in [-0.1, -0.05) is 17.7 Å². The quantitative estimate of drug-likeness (QED) is 0.849. The molecule has 0 unspecified atom stereocenters. The van der Waals surface area contributed by atoms with E-state index in [9.17, 15) is 4.79 Å². The molecule has 0 spiro atoms. The molecule has 0 radical (unpaired) electrons. The molecule has 0 saturated carbocycles. The van der Waals surface area contributed by atoms with Gasteiger partial charge in [-0.25, -0.2) is 4.98 Å². The van der Waals surface area contributed by atoms with Crippen LogP contribution >= 0.6 is 0 Å². The minimum Gasteiger partial charge on any atom is -0.384 e. The molecule has 1 aromatic heterocycles. The lowest BCUT2D eigenvalue weighted by Crippen LogP contribution is -2.13. The molecular weight excluding hydrogens is 226 g/mol. The van der Waals surface area contributed by atoms with Crippen LogP contribution in [0.5, 0.6) is 0 Å². The highest BCUT2D eigenvalue weighted by atomic mass is 16.1. The summed E-state index contributed by atoms with van der Waals surface area (Å²) < 4.78 is 0. The fourth-order valence-corrected chi connectivity index (χ4v) is 1.75. The van der Waals surface area contributed by atoms with E-state index >= 15 is 0 Å². The zero-order valence-corrected chi connectivity index (χ0v) is 10.4. The van der Waals surface area contributed by atoms with Gasteiger partial charge in [-0.15, -0.1) is 0 Å². The molecule has 0 aliphatic rings. The predicted octanol–water partition coefficient (Wildman–Crippen LogP) is 2.53. The summed E-state index contributed by atoms with van der Waals surface area (Å²) in [4.78, 5) is 16.0. The second-order valence-electron chi connectivity index (χ2n) is 4.24. The number of nitrogens with one attached hydrogen (secondary N) is 1. The van der Waals surface area contributed by atoms with E-state index in [1.165, 1.54) is 6.20 Å². The van der Waals surface area contributed by atoms with Crippen LogP contribution in [0.4, 0.5) is 11.5 Å². The van der Waals surface area contributed by atoms with Crippen molar-refractivity contribution in [2.75, 3.05) is 11.1 Å². The molecule has 1 aromatic carbocycles. The number of hydrogen-bond donors (Lipinski definition) is 2. The van der Waals surface area contributed by atoms with Crippen LogP contribution in [0.2, 0.25) is 0 Å². The zero-order valence-electron chi connectivity index (χ0n) is 10.4. The third kappa shape index (κ3) is 2.66. The summed E-state index contributed by atoms with van der Waals surface area (Å²) in [6.07, 6.45) is 1.54. The van der Waals surface area contributed by atoms with Gasteiger partial charge in [0, 0.05) is 5.56 Å². The molecule has 92 valence electrons. The first kappa shape index (κ1) is 12.1. The number of pyridine rings is 1. The summed E-state index contributed by atoms with van der Waals surface area (Å²) in [6.45, 7) is 3.92. The molecule has 0 atom stereocenters. The van der Waals surface area contributed by atoms with Gasteiger partial charge >= 0.3 is 0 Å². The second kappa shape index (κ2) is 4.87. The SMILES string of the molecule is Cc1ccc(C(=O)Nc2ccc(N)nc2)c(C)c1. The molecular formula is C14H15N3O. The number of carbonyl (C=O) groups is 1. The number of carbonyl (C=O) groups excluding carboxylic acids is 1. The summed E-state index contributed by atoms with van der Waals surface area (Å²) in [6, 6.07) is 9.10. The summed E-state index contributed by atoms with van der Waals surface area (Å²) in [5.74, 6) is 0.290. The Morgan fingerprint density at radius 1 is 1.22 bits per heavy atom. The van der Waals surface area contributed by atoms with Gasteiger partial charge in [0.05, 0.1) is 11.9 Å². The number of nitrogen functional groups attached to an aromatic ring is 1. The van der Waals surface area contributed by atoms with E-state index in [0.29, 0.717) is 17.1 Å². The number of rotatable bonds is 2. The number of aromatic nitrogens is 1. The average Bonchev–Trinajstić information content (AvgIpc) is 2.32. The zero-order chi connectivity index (χ0) is 13.1. The first-order valence-electron chi connectivity index (χ1n) is 5.66. The lowest BCUT2D eigenvalue weighted by atomic mass is 10.1. The highest BCUT2D eigenvalue weighted by molar-refractivity contribution is 6.05.